The number of fused-ring (bicyclic) bond motifs is 2. The summed E-state index contributed by atoms with van der Waals surface area (Å²) in [5.41, 5.74) is 5.44. The van der Waals surface area contributed by atoms with E-state index in [1.54, 1.807) is 15.3 Å². The minimum Gasteiger partial charge on any atom is -0.481 e. The van der Waals surface area contributed by atoms with Gasteiger partial charge in [0.05, 0.1) is 18.0 Å². The van der Waals surface area contributed by atoms with Crippen LogP contribution in [0.4, 0.5) is 5.69 Å². The molecule has 4 aromatic rings. The van der Waals surface area contributed by atoms with E-state index in [0.29, 0.717) is 12.2 Å². The molecule has 0 fully saturated rings. The second-order valence-electron chi connectivity index (χ2n) is 8.72. The van der Waals surface area contributed by atoms with E-state index in [9.17, 15) is 14.7 Å². The summed E-state index contributed by atoms with van der Waals surface area (Å²) in [6, 6.07) is 18.7. The van der Waals surface area contributed by atoms with Crippen LogP contribution in [0, 0.1) is 6.92 Å². The van der Waals surface area contributed by atoms with Crippen LogP contribution in [0.25, 0.3) is 11.2 Å². The third-order valence-corrected chi connectivity index (χ3v) is 6.60. The number of aromatic nitrogens is 3. The number of carboxylic acid groups (broad SMARTS) is 1. The van der Waals surface area contributed by atoms with Crippen LogP contribution >= 0.6 is 0 Å². The molecular formula is C26H26N4O3. The fourth-order valence-corrected chi connectivity index (χ4v) is 5.18. The lowest BCUT2D eigenvalue weighted by Crippen LogP contribution is -2.31. The number of anilines is 1. The maximum Gasteiger partial charge on any atom is 0.330 e. The van der Waals surface area contributed by atoms with Gasteiger partial charge in [-0.2, -0.15) is 0 Å². The Hall–Kier alpha value is -3.87. The molecule has 0 bridgehead atoms. The quantitative estimate of drug-likeness (QED) is 0.491. The van der Waals surface area contributed by atoms with Crippen LogP contribution in [-0.2, 0) is 11.3 Å². The van der Waals surface area contributed by atoms with Crippen molar-refractivity contribution in [2.45, 2.75) is 31.8 Å². The van der Waals surface area contributed by atoms with Gasteiger partial charge in [-0.1, -0.05) is 42.5 Å². The molecule has 1 unspecified atom stereocenters. The summed E-state index contributed by atoms with van der Waals surface area (Å²) in [6.45, 7) is 3.43. The van der Waals surface area contributed by atoms with Crippen molar-refractivity contribution in [1.29, 1.82) is 0 Å². The second kappa shape index (κ2) is 8.24. The van der Waals surface area contributed by atoms with Crippen molar-refractivity contribution in [2.75, 3.05) is 18.5 Å². The van der Waals surface area contributed by atoms with Crippen LogP contribution in [-0.4, -0.2) is 38.8 Å². The monoisotopic (exact) mass is 442 g/mol. The molecule has 3 heterocycles. The van der Waals surface area contributed by atoms with Crippen molar-refractivity contribution in [3.63, 3.8) is 0 Å². The van der Waals surface area contributed by atoms with Crippen molar-refractivity contribution in [3.05, 3.63) is 94.0 Å². The molecule has 1 aliphatic rings. The minimum atomic E-state index is -0.963. The summed E-state index contributed by atoms with van der Waals surface area (Å²) in [4.78, 5) is 32.3. The first-order valence-electron chi connectivity index (χ1n) is 11.1. The molecule has 0 amide bonds. The number of aliphatic carboxylic acids is 1. The van der Waals surface area contributed by atoms with E-state index in [-0.39, 0.29) is 18.0 Å². The second-order valence-corrected chi connectivity index (χ2v) is 8.72. The summed E-state index contributed by atoms with van der Waals surface area (Å²) in [6.07, 6.45) is 1.45. The van der Waals surface area contributed by atoms with Gasteiger partial charge in [0, 0.05) is 37.9 Å². The maximum absolute atomic E-state index is 13.8. The normalized spacial score (nSPS) is 16.2. The van der Waals surface area contributed by atoms with E-state index in [4.69, 9.17) is 0 Å². The number of pyridine rings is 1. The third kappa shape index (κ3) is 3.59. The molecule has 168 valence electrons. The Bertz CT molecular complexity index is 1390. The molecule has 2 atom stereocenters. The highest BCUT2D eigenvalue weighted by Gasteiger charge is 2.31. The Kier molecular flexibility index (Phi) is 5.24. The molecule has 33 heavy (non-hydrogen) atoms. The van der Waals surface area contributed by atoms with Crippen LogP contribution in [0.15, 0.2) is 71.7 Å². The molecule has 2 aromatic carbocycles. The third-order valence-electron chi connectivity index (χ3n) is 6.60. The van der Waals surface area contributed by atoms with Gasteiger partial charge in [0.15, 0.2) is 5.65 Å². The summed E-state index contributed by atoms with van der Waals surface area (Å²) in [5.74, 6) is -0.813. The number of rotatable bonds is 6. The largest absolute Gasteiger partial charge is 0.481 e. The van der Waals surface area contributed by atoms with Crippen molar-refractivity contribution >= 4 is 22.8 Å². The van der Waals surface area contributed by atoms with E-state index in [1.807, 2.05) is 42.5 Å². The number of aryl methyl sites for hydroxylation is 1. The zero-order valence-electron chi connectivity index (χ0n) is 18.7. The number of hydrogen-bond acceptors (Lipinski definition) is 4. The van der Waals surface area contributed by atoms with Gasteiger partial charge in [-0.3, -0.25) is 13.9 Å². The molecule has 0 saturated carbocycles. The van der Waals surface area contributed by atoms with Gasteiger partial charge in [0.25, 0.3) is 0 Å². The summed E-state index contributed by atoms with van der Waals surface area (Å²) in [5, 5.41) is 9.63. The lowest BCUT2D eigenvalue weighted by Gasteiger charge is -2.17. The Morgan fingerprint density at radius 1 is 1.12 bits per heavy atom. The number of carboxylic acids is 1. The molecule has 0 spiro atoms. The molecule has 0 saturated heterocycles. The molecule has 1 N–H and O–H groups in total. The van der Waals surface area contributed by atoms with Gasteiger partial charge in [0.1, 0.15) is 0 Å². The smallest absolute Gasteiger partial charge is 0.330 e. The first kappa shape index (κ1) is 21.0. The Morgan fingerprint density at radius 3 is 2.67 bits per heavy atom. The molecule has 5 rings (SSSR count). The van der Waals surface area contributed by atoms with E-state index < -0.39 is 12.0 Å². The average Bonchev–Trinajstić information content (AvgIpc) is 3.28. The van der Waals surface area contributed by atoms with Crippen molar-refractivity contribution in [3.8, 4) is 0 Å². The fraction of sp³-hybridized carbons (Fsp3) is 0.269. The van der Waals surface area contributed by atoms with Crippen LogP contribution in [0.5, 0.6) is 0 Å². The molecule has 7 nitrogen and oxygen atoms in total. The highest BCUT2D eigenvalue weighted by Crippen LogP contribution is 2.38. The van der Waals surface area contributed by atoms with Crippen molar-refractivity contribution in [2.24, 2.45) is 0 Å². The number of likely N-dealkylation sites (N-methyl/N-ethyl adjacent to an activating group) is 1. The van der Waals surface area contributed by atoms with Gasteiger partial charge in [0.2, 0.25) is 0 Å². The Morgan fingerprint density at radius 2 is 1.91 bits per heavy atom. The van der Waals surface area contributed by atoms with Crippen LogP contribution in [0.1, 0.15) is 35.1 Å². The predicted molar refractivity (Wildman–Crippen MR) is 128 cm³/mol. The van der Waals surface area contributed by atoms with Crippen molar-refractivity contribution < 1.29 is 9.90 Å². The van der Waals surface area contributed by atoms with E-state index in [2.05, 4.69) is 42.1 Å². The average molecular weight is 443 g/mol. The lowest BCUT2D eigenvalue weighted by atomic mass is 9.96. The summed E-state index contributed by atoms with van der Waals surface area (Å²) < 4.78 is 3.32. The number of benzene rings is 2. The van der Waals surface area contributed by atoms with Crippen LogP contribution < -0.4 is 10.6 Å². The number of imidazole rings is 1. The van der Waals surface area contributed by atoms with Crippen LogP contribution in [0.3, 0.4) is 0 Å². The van der Waals surface area contributed by atoms with Crippen molar-refractivity contribution in [1.82, 2.24) is 14.1 Å². The van der Waals surface area contributed by atoms with E-state index >= 15 is 0 Å². The van der Waals surface area contributed by atoms with Gasteiger partial charge in [-0.05, 0) is 41.8 Å². The zero-order valence-corrected chi connectivity index (χ0v) is 18.7. The van der Waals surface area contributed by atoms with Gasteiger partial charge >= 0.3 is 11.7 Å². The number of hydrogen-bond donors (Lipinski definition) is 1. The SMILES string of the molecule is Cc1cccc2c1C(Cn1c(=O)n([C@H](CC(=O)O)c3ccccc3)c3ncccc31)CN2C. The highest BCUT2D eigenvalue weighted by molar-refractivity contribution is 5.73. The predicted octanol–water partition coefficient (Wildman–Crippen LogP) is 3.80. The molecule has 0 aliphatic carbocycles. The lowest BCUT2D eigenvalue weighted by molar-refractivity contribution is -0.137. The molecule has 7 heteroatoms. The minimum absolute atomic E-state index is 0.151. The summed E-state index contributed by atoms with van der Waals surface area (Å²) >= 11 is 0. The topological polar surface area (TPSA) is 80.4 Å². The van der Waals surface area contributed by atoms with Gasteiger partial charge < -0.3 is 10.0 Å². The number of nitrogens with zero attached hydrogens (tertiary/aromatic N) is 4. The molecular weight excluding hydrogens is 416 g/mol. The summed E-state index contributed by atoms with van der Waals surface area (Å²) in [7, 11) is 2.07. The Labute approximate surface area is 191 Å². The maximum atomic E-state index is 13.8. The van der Waals surface area contributed by atoms with E-state index in [1.165, 1.54) is 16.8 Å². The number of carbonyl (C=O) groups is 1. The standard InChI is InChI=1S/C26H26N4O3/c1-17-8-6-11-20-24(17)19(15-28(20)2)16-29-21-12-7-13-27-25(21)30(26(29)33)22(14-23(31)32)18-9-4-3-5-10-18/h3-13,19,22H,14-16H2,1-2H3,(H,31,32)/t19?,22-/m1/s1. The molecule has 0 radical (unpaired) electrons. The Balaban J connectivity index is 1.65. The van der Waals surface area contributed by atoms with Gasteiger partial charge in [-0.25, -0.2) is 9.78 Å². The van der Waals surface area contributed by atoms with Crippen LogP contribution in [0.2, 0.25) is 0 Å². The first-order chi connectivity index (χ1) is 16.0. The fourth-order valence-electron chi connectivity index (χ4n) is 5.18. The molecule has 1 aliphatic heterocycles. The first-order valence-corrected chi connectivity index (χ1v) is 11.1. The van der Waals surface area contributed by atoms with Gasteiger partial charge in [-0.15, -0.1) is 0 Å². The molecule has 2 aromatic heterocycles. The highest BCUT2D eigenvalue weighted by atomic mass is 16.4. The zero-order chi connectivity index (χ0) is 23.1. The van der Waals surface area contributed by atoms with E-state index in [0.717, 1.165) is 17.6 Å².